The minimum atomic E-state index is -0.815. The molecule has 2 nitrogen and oxygen atoms in total. The summed E-state index contributed by atoms with van der Waals surface area (Å²) in [6.45, 7) is 3.92. The molecule has 1 saturated carbocycles. The van der Waals surface area contributed by atoms with Gasteiger partial charge >= 0.3 is 5.97 Å². The van der Waals surface area contributed by atoms with Gasteiger partial charge in [-0.25, -0.2) is 4.79 Å². The Labute approximate surface area is 83.6 Å². The average Bonchev–Trinajstić information content (AvgIpc) is 2.86. The van der Waals surface area contributed by atoms with Crippen molar-refractivity contribution in [3.8, 4) is 0 Å². The van der Waals surface area contributed by atoms with Crippen LogP contribution in [0, 0.1) is 13.8 Å². The summed E-state index contributed by atoms with van der Waals surface area (Å²) in [5.41, 5.74) is 3.78. The molecule has 0 aromatic heterocycles. The zero-order chi connectivity index (χ0) is 10.3. The maximum absolute atomic E-state index is 10.9. The van der Waals surface area contributed by atoms with Crippen LogP contribution in [-0.4, -0.2) is 11.1 Å². The number of carboxylic acid groups (broad SMARTS) is 1. The summed E-state index contributed by atoms with van der Waals surface area (Å²) in [6.07, 6.45) is 2.42. The van der Waals surface area contributed by atoms with E-state index in [0.717, 1.165) is 5.56 Å². The van der Waals surface area contributed by atoms with E-state index in [1.165, 1.54) is 24.0 Å². The molecule has 1 N–H and O–H groups in total. The van der Waals surface area contributed by atoms with Crippen LogP contribution in [0.5, 0.6) is 0 Å². The molecule has 0 saturated heterocycles. The summed E-state index contributed by atoms with van der Waals surface area (Å²) in [5, 5.41) is 8.98. The highest BCUT2D eigenvalue weighted by Crippen LogP contribution is 2.42. The predicted molar refractivity (Wildman–Crippen MR) is 54.9 cm³/mol. The topological polar surface area (TPSA) is 37.3 Å². The Morgan fingerprint density at radius 1 is 1.29 bits per heavy atom. The first-order valence-electron chi connectivity index (χ1n) is 4.94. The molecule has 1 fully saturated rings. The highest BCUT2D eigenvalue weighted by atomic mass is 16.4. The van der Waals surface area contributed by atoms with Crippen molar-refractivity contribution in [2.24, 2.45) is 0 Å². The van der Waals surface area contributed by atoms with Crippen molar-refractivity contribution in [3.63, 3.8) is 0 Å². The third-order valence-corrected chi connectivity index (χ3v) is 2.86. The number of carboxylic acids is 1. The van der Waals surface area contributed by atoms with Crippen LogP contribution in [0.25, 0.3) is 0 Å². The van der Waals surface area contributed by atoms with Gasteiger partial charge in [-0.05, 0) is 55.4 Å². The van der Waals surface area contributed by atoms with Gasteiger partial charge in [0, 0.05) is 0 Å². The van der Waals surface area contributed by atoms with E-state index in [1.54, 1.807) is 0 Å². The van der Waals surface area contributed by atoms with Gasteiger partial charge in [-0.2, -0.15) is 0 Å². The molecule has 1 aromatic carbocycles. The van der Waals surface area contributed by atoms with Crippen molar-refractivity contribution in [1.29, 1.82) is 0 Å². The lowest BCUT2D eigenvalue weighted by Crippen LogP contribution is -2.02. The molecule has 0 spiro atoms. The van der Waals surface area contributed by atoms with E-state index >= 15 is 0 Å². The summed E-state index contributed by atoms with van der Waals surface area (Å²) in [5.74, 6) is -0.196. The Hall–Kier alpha value is -1.31. The molecule has 1 aliphatic rings. The summed E-state index contributed by atoms with van der Waals surface area (Å²) in [4.78, 5) is 10.9. The quantitative estimate of drug-likeness (QED) is 0.778. The number of aromatic carboxylic acids is 1. The number of benzene rings is 1. The van der Waals surface area contributed by atoms with Crippen molar-refractivity contribution in [2.45, 2.75) is 32.6 Å². The summed E-state index contributed by atoms with van der Waals surface area (Å²) < 4.78 is 0. The Bertz CT molecular complexity index is 390. The zero-order valence-electron chi connectivity index (χ0n) is 8.50. The highest BCUT2D eigenvalue weighted by Gasteiger charge is 2.26. The van der Waals surface area contributed by atoms with E-state index in [-0.39, 0.29) is 0 Å². The van der Waals surface area contributed by atoms with Crippen molar-refractivity contribution in [3.05, 3.63) is 34.4 Å². The Balaban J connectivity index is 2.51. The van der Waals surface area contributed by atoms with E-state index < -0.39 is 5.97 Å². The van der Waals surface area contributed by atoms with Gasteiger partial charge in [-0.15, -0.1) is 0 Å². The Morgan fingerprint density at radius 3 is 2.43 bits per heavy atom. The van der Waals surface area contributed by atoms with Crippen LogP contribution in [-0.2, 0) is 0 Å². The van der Waals surface area contributed by atoms with Crippen molar-refractivity contribution >= 4 is 5.97 Å². The monoisotopic (exact) mass is 190 g/mol. The molecule has 14 heavy (non-hydrogen) atoms. The fourth-order valence-corrected chi connectivity index (χ4v) is 1.93. The first-order valence-corrected chi connectivity index (χ1v) is 4.94. The molecule has 1 aromatic rings. The minimum Gasteiger partial charge on any atom is -0.478 e. The summed E-state index contributed by atoms with van der Waals surface area (Å²) in [6, 6.07) is 3.84. The second kappa shape index (κ2) is 3.12. The zero-order valence-corrected chi connectivity index (χ0v) is 8.50. The third kappa shape index (κ3) is 1.52. The smallest absolute Gasteiger partial charge is 0.335 e. The number of hydrogen-bond acceptors (Lipinski definition) is 1. The second-order valence-corrected chi connectivity index (χ2v) is 4.10. The molecule has 0 amide bonds. The molecular weight excluding hydrogens is 176 g/mol. The van der Waals surface area contributed by atoms with E-state index in [2.05, 4.69) is 6.92 Å². The SMILES string of the molecule is Cc1cc(C)c(C2CC2)cc1C(=O)O. The molecule has 0 bridgehead atoms. The molecule has 1 aliphatic carbocycles. The summed E-state index contributed by atoms with van der Waals surface area (Å²) >= 11 is 0. The van der Waals surface area contributed by atoms with Gasteiger partial charge in [0.1, 0.15) is 0 Å². The lowest BCUT2D eigenvalue weighted by molar-refractivity contribution is 0.0696. The molecular formula is C12H14O2. The first-order chi connectivity index (χ1) is 6.59. The molecule has 0 unspecified atom stereocenters. The summed E-state index contributed by atoms with van der Waals surface area (Å²) in [7, 11) is 0. The van der Waals surface area contributed by atoms with Gasteiger partial charge in [0.2, 0.25) is 0 Å². The normalized spacial score (nSPS) is 15.6. The van der Waals surface area contributed by atoms with E-state index in [9.17, 15) is 4.79 Å². The van der Waals surface area contributed by atoms with E-state index in [4.69, 9.17) is 5.11 Å². The molecule has 0 heterocycles. The largest absolute Gasteiger partial charge is 0.478 e. The molecule has 0 aliphatic heterocycles. The third-order valence-electron chi connectivity index (χ3n) is 2.86. The van der Waals surface area contributed by atoms with Gasteiger partial charge < -0.3 is 5.11 Å². The number of aryl methyl sites for hydroxylation is 2. The number of carbonyl (C=O) groups is 1. The van der Waals surface area contributed by atoms with Crippen LogP contribution in [0.3, 0.4) is 0 Å². The standard InChI is InChI=1S/C12H14O2/c1-7-5-8(2)11(12(13)14)6-10(7)9-3-4-9/h5-6,9H,3-4H2,1-2H3,(H,13,14). The second-order valence-electron chi connectivity index (χ2n) is 4.10. The average molecular weight is 190 g/mol. The first kappa shape index (κ1) is 9.25. The lowest BCUT2D eigenvalue weighted by atomic mass is 9.97. The van der Waals surface area contributed by atoms with Crippen molar-refractivity contribution in [1.82, 2.24) is 0 Å². The fourth-order valence-electron chi connectivity index (χ4n) is 1.93. The maximum Gasteiger partial charge on any atom is 0.335 e. The van der Waals surface area contributed by atoms with Gasteiger partial charge in [0.15, 0.2) is 0 Å². The minimum absolute atomic E-state index is 0.456. The molecule has 2 heteroatoms. The van der Waals surface area contributed by atoms with Crippen LogP contribution < -0.4 is 0 Å². The predicted octanol–water partition coefficient (Wildman–Crippen LogP) is 2.88. The molecule has 0 radical (unpaired) electrons. The highest BCUT2D eigenvalue weighted by molar-refractivity contribution is 5.89. The van der Waals surface area contributed by atoms with Crippen LogP contribution >= 0.6 is 0 Å². The van der Waals surface area contributed by atoms with Gasteiger partial charge in [-0.1, -0.05) is 6.07 Å². The lowest BCUT2D eigenvalue weighted by Gasteiger charge is -2.08. The van der Waals surface area contributed by atoms with Crippen molar-refractivity contribution < 1.29 is 9.90 Å². The maximum atomic E-state index is 10.9. The number of rotatable bonds is 2. The van der Waals surface area contributed by atoms with Crippen LogP contribution in [0.15, 0.2) is 12.1 Å². The molecule has 0 atom stereocenters. The van der Waals surface area contributed by atoms with Crippen molar-refractivity contribution in [2.75, 3.05) is 0 Å². The molecule has 74 valence electrons. The Kier molecular flexibility index (Phi) is 2.06. The van der Waals surface area contributed by atoms with Gasteiger partial charge in [0.05, 0.1) is 5.56 Å². The van der Waals surface area contributed by atoms with Crippen LogP contribution in [0.1, 0.15) is 45.8 Å². The van der Waals surface area contributed by atoms with Gasteiger partial charge in [-0.3, -0.25) is 0 Å². The number of hydrogen-bond donors (Lipinski definition) is 1. The fraction of sp³-hybridized carbons (Fsp3) is 0.417. The Morgan fingerprint density at radius 2 is 1.93 bits per heavy atom. The van der Waals surface area contributed by atoms with E-state index in [1.807, 2.05) is 19.1 Å². The van der Waals surface area contributed by atoms with E-state index in [0.29, 0.717) is 11.5 Å². The molecule has 2 rings (SSSR count). The van der Waals surface area contributed by atoms with Gasteiger partial charge in [0.25, 0.3) is 0 Å². The van der Waals surface area contributed by atoms with Crippen LogP contribution in [0.2, 0.25) is 0 Å². The van der Waals surface area contributed by atoms with Crippen LogP contribution in [0.4, 0.5) is 0 Å².